The normalized spacial score (nSPS) is 17.1. The Morgan fingerprint density at radius 2 is 2.00 bits per heavy atom. The number of carbonyl (C=O) groups excluding carboxylic acids is 2. The van der Waals surface area contributed by atoms with Gasteiger partial charge >= 0.3 is 0 Å². The highest BCUT2D eigenvalue weighted by molar-refractivity contribution is 6.09. The number of carbonyl (C=O) groups is 2. The number of hydrogen-bond donors (Lipinski definition) is 1. The van der Waals surface area contributed by atoms with Gasteiger partial charge in [0.2, 0.25) is 0 Å². The molecule has 1 heterocycles. The maximum Gasteiger partial charge on any atom is 0.290 e. The fourth-order valence-corrected chi connectivity index (χ4v) is 3.47. The largest absolute Gasteiger partial charge is 0.503 e. The number of amides is 1. The number of rotatable bonds is 10. The summed E-state index contributed by atoms with van der Waals surface area (Å²) in [6, 6.07) is 6.89. The third-order valence-electron chi connectivity index (χ3n) is 4.69. The minimum absolute atomic E-state index is 0.150. The van der Waals surface area contributed by atoms with Gasteiger partial charge in [-0.2, -0.15) is 0 Å². The molecule has 1 aromatic carbocycles. The predicted octanol–water partition coefficient (Wildman–Crippen LogP) is 4.59. The summed E-state index contributed by atoms with van der Waals surface area (Å²) in [4.78, 5) is 27.2. The van der Waals surface area contributed by atoms with Crippen molar-refractivity contribution in [2.24, 2.45) is 5.92 Å². The van der Waals surface area contributed by atoms with Crippen molar-refractivity contribution in [1.82, 2.24) is 4.90 Å². The molecular weight excluding hydrogens is 342 g/mol. The van der Waals surface area contributed by atoms with E-state index in [-0.39, 0.29) is 17.3 Å². The zero-order valence-corrected chi connectivity index (χ0v) is 16.8. The molecule has 1 aromatic rings. The summed E-state index contributed by atoms with van der Waals surface area (Å²) in [6.07, 6.45) is 3.16. The molecule has 5 heteroatoms. The van der Waals surface area contributed by atoms with Gasteiger partial charge in [-0.05, 0) is 37.0 Å². The summed E-state index contributed by atoms with van der Waals surface area (Å²) < 4.78 is 5.59. The van der Waals surface area contributed by atoms with Crippen LogP contribution >= 0.6 is 0 Å². The summed E-state index contributed by atoms with van der Waals surface area (Å²) in [5.74, 6) is -0.176. The highest BCUT2D eigenvalue weighted by Crippen LogP contribution is 2.39. The van der Waals surface area contributed by atoms with Crippen molar-refractivity contribution >= 4 is 11.7 Å². The number of hydrogen-bond acceptors (Lipinski definition) is 4. The fraction of sp³-hybridized carbons (Fsp3) is 0.545. The summed E-state index contributed by atoms with van der Waals surface area (Å²) in [6.45, 7) is 8.96. The van der Waals surface area contributed by atoms with Crippen LogP contribution in [0.25, 0.3) is 0 Å². The Hall–Kier alpha value is -2.30. The Balaban J connectivity index is 2.44. The summed E-state index contributed by atoms with van der Waals surface area (Å²) in [5.41, 5.74) is 1.01. The maximum atomic E-state index is 12.9. The number of aliphatic hydroxyl groups is 1. The van der Waals surface area contributed by atoms with Gasteiger partial charge in [0.05, 0.1) is 18.2 Å². The minimum atomic E-state index is -0.555. The Morgan fingerprint density at radius 1 is 1.26 bits per heavy atom. The number of aliphatic hydroxyl groups excluding tert-OH is 1. The first-order valence-corrected chi connectivity index (χ1v) is 9.90. The number of benzene rings is 1. The van der Waals surface area contributed by atoms with Gasteiger partial charge < -0.3 is 14.7 Å². The van der Waals surface area contributed by atoms with Gasteiger partial charge in [-0.1, -0.05) is 45.7 Å². The molecule has 5 nitrogen and oxygen atoms in total. The molecule has 1 aliphatic heterocycles. The van der Waals surface area contributed by atoms with E-state index in [0.29, 0.717) is 25.3 Å². The van der Waals surface area contributed by atoms with Crippen LogP contribution in [-0.2, 0) is 9.59 Å². The fourth-order valence-electron chi connectivity index (χ4n) is 3.47. The van der Waals surface area contributed by atoms with Crippen LogP contribution in [0.5, 0.6) is 5.75 Å². The molecular formula is C22H31NO4. The van der Waals surface area contributed by atoms with Crippen LogP contribution < -0.4 is 4.74 Å². The van der Waals surface area contributed by atoms with Gasteiger partial charge in [0, 0.05) is 13.0 Å². The van der Waals surface area contributed by atoms with Gasteiger partial charge in [-0.25, -0.2) is 0 Å². The molecule has 0 saturated carbocycles. The lowest BCUT2D eigenvalue weighted by Gasteiger charge is -2.27. The van der Waals surface area contributed by atoms with Gasteiger partial charge in [0.25, 0.3) is 5.91 Å². The SMILES string of the molecule is CCCCCN1C(=O)C(O)=C(C(=O)CC(C)C)C1c1cccc(OCC)c1. The Morgan fingerprint density at radius 3 is 2.63 bits per heavy atom. The molecule has 0 aromatic heterocycles. The van der Waals surface area contributed by atoms with Crippen molar-refractivity contribution in [2.45, 2.75) is 59.4 Å². The van der Waals surface area contributed by atoms with E-state index in [9.17, 15) is 14.7 Å². The van der Waals surface area contributed by atoms with Crippen LogP contribution in [0, 0.1) is 5.92 Å². The molecule has 0 spiro atoms. The number of ether oxygens (including phenoxy) is 1. The van der Waals surface area contributed by atoms with Gasteiger partial charge in [-0.15, -0.1) is 0 Å². The molecule has 1 amide bonds. The zero-order chi connectivity index (χ0) is 20.0. The highest BCUT2D eigenvalue weighted by atomic mass is 16.5. The molecule has 1 aliphatic rings. The van der Waals surface area contributed by atoms with E-state index in [1.54, 1.807) is 4.90 Å². The van der Waals surface area contributed by atoms with E-state index in [4.69, 9.17) is 4.74 Å². The molecule has 148 valence electrons. The molecule has 0 aliphatic carbocycles. The van der Waals surface area contributed by atoms with E-state index in [1.807, 2.05) is 45.0 Å². The molecule has 27 heavy (non-hydrogen) atoms. The standard InChI is InChI=1S/C22H31NO4/c1-5-7-8-12-23-20(16-10-9-11-17(14-16)27-6-2)19(21(25)22(23)26)18(24)13-15(3)4/h9-11,14-15,20,25H,5-8,12-13H2,1-4H3. The van der Waals surface area contributed by atoms with Crippen molar-refractivity contribution in [3.63, 3.8) is 0 Å². The van der Waals surface area contributed by atoms with Crippen molar-refractivity contribution in [2.75, 3.05) is 13.2 Å². The molecule has 1 atom stereocenters. The van der Waals surface area contributed by atoms with Crippen molar-refractivity contribution in [3.05, 3.63) is 41.2 Å². The molecule has 1 N–H and O–H groups in total. The second-order valence-electron chi connectivity index (χ2n) is 7.40. The van der Waals surface area contributed by atoms with E-state index >= 15 is 0 Å². The maximum absolute atomic E-state index is 12.9. The minimum Gasteiger partial charge on any atom is -0.503 e. The van der Waals surface area contributed by atoms with Crippen LogP contribution in [0.4, 0.5) is 0 Å². The first-order valence-electron chi connectivity index (χ1n) is 9.90. The first kappa shape index (κ1) is 21.0. The van der Waals surface area contributed by atoms with Crippen LogP contribution in [0.15, 0.2) is 35.6 Å². The van der Waals surface area contributed by atoms with E-state index in [0.717, 1.165) is 24.8 Å². The summed E-state index contributed by atoms with van der Waals surface area (Å²) >= 11 is 0. The van der Waals surface area contributed by atoms with Crippen molar-refractivity contribution in [1.29, 1.82) is 0 Å². The molecule has 0 bridgehead atoms. The Bertz CT molecular complexity index is 708. The Kier molecular flexibility index (Phi) is 7.45. The smallest absolute Gasteiger partial charge is 0.290 e. The monoisotopic (exact) mass is 373 g/mol. The molecule has 0 fully saturated rings. The number of ketones is 1. The van der Waals surface area contributed by atoms with Crippen molar-refractivity contribution < 1.29 is 19.4 Å². The van der Waals surface area contributed by atoms with Crippen LogP contribution in [-0.4, -0.2) is 34.8 Å². The molecule has 0 radical (unpaired) electrons. The topological polar surface area (TPSA) is 66.8 Å². The summed E-state index contributed by atoms with van der Waals surface area (Å²) in [7, 11) is 0. The second kappa shape index (κ2) is 9.58. The number of unbranched alkanes of at least 4 members (excludes halogenated alkanes) is 2. The lowest BCUT2D eigenvalue weighted by Crippen LogP contribution is -2.32. The molecule has 0 saturated heterocycles. The number of Topliss-reactive ketones (excluding diaryl/α,β-unsaturated/α-hetero) is 1. The quantitative estimate of drug-likeness (QED) is 0.609. The first-order chi connectivity index (χ1) is 12.9. The summed E-state index contributed by atoms with van der Waals surface area (Å²) in [5, 5.41) is 10.5. The van der Waals surface area contributed by atoms with Crippen LogP contribution in [0.3, 0.4) is 0 Å². The van der Waals surface area contributed by atoms with Crippen LogP contribution in [0.2, 0.25) is 0 Å². The van der Waals surface area contributed by atoms with E-state index in [2.05, 4.69) is 6.92 Å². The third-order valence-corrected chi connectivity index (χ3v) is 4.69. The lowest BCUT2D eigenvalue weighted by atomic mass is 9.92. The van der Waals surface area contributed by atoms with Crippen molar-refractivity contribution in [3.8, 4) is 5.75 Å². The van der Waals surface area contributed by atoms with Gasteiger partial charge in [0.1, 0.15) is 5.75 Å². The average molecular weight is 373 g/mol. The highest BCUT2D eigenvalue weighted by Gasteiger charge is 2.43. The second-order valence-corrected chi connectivity index (χ2v) is 7.40. The van der Waals surface area contributed by atoms with E-state index < -0.39 is 17.7 Å². The van der Waals surface area contributed by atoms with Gasteiger partial charge in [0.15, 0.2) is 11.5 Å². The predicted molar refractivity (Wildman–Crippen MR) is 106 cm³/mol. The number of nitrogens with zero attached hydrogens (tertiary/aromatic N) is 1. The molecule has 1 unspecified atom stereocenters. The third kappa shape index (κ3) is 4.90. The van der Waals surface area contributed by atoms with Crippen LogP contribution in [0.1, 0.15) is 65.0 Å². The zero-order valence-electron chi connectivity index (χ0n) is 16.8. The molecule has 2 rings (SSSR count). The van der Waals surface area contributed by atoms with E-state index in [1.165, 1.54) is 0 Å². The van der Waals surface area contributed by atoms with Gasteiger partial charge in [-0.3, -0.25) is 9.59 Å². The average Bonchev–Trinajstić information content (AvgIpc) is 2.87. The lowest BCUT2D eigenvalue weighted by molar-refractivity contribution is -0.129. The Labute approximate surface area is 162 Å².